The summed E-state index contributed by atoms with van der Waals surface area (Å²) in [5.74, 6) is 0. The zero-order valence-corrected chi connectivity index (χ0v) is 9.53. The second-order valence-corrected chi connectivity index (χ2v) is 2.92. The van der Waals surface area contributed by atoms with Crippen molar-refractivity contribution in [3.8, 4) is 0 Å². The van der Waals surface area contributed by atoms with E-state index in [1.54, 1.807) is 7.11 Å². The summed E-state index contributed by atoms with van der Waals surface area (Å²) in [4.78, 5) is 4.27. The van der Waals surface area contributed by atoms with Crippen molar-refractivity contribution in [3.63, 3.8) is 0 Å². The summed E-state index contributed by atoms with van der Waals surface area (Å²) >= 11 is 0. The Labute approximate surface area is 90.9 Å². The van der Waals surface area contributed by atoms with Gasteiger partial charge in [0.25, 0.3) is 0 Å². The molecule has 1 aromatic heterocycles. The van der Waals surface area contributed by atoms with E-state index in [0.717, 1.165) is 5.52 Å². The summed E-state index contributed by atoms with van der Waals surface area (Å²) in [6.07, 6.45) is 1.82. The second kappa shape index (κ2) is 6.14. The maximum atomic E-state index is 5.11. The van der Waals surface area contributed by atoms with Crippen molar-refractivity contribution in [2.24, 2.45) is 0 Å². The number of fused-ring (bicyclic) bond motifs is 1. The number of benzene rings is 1. The zero-order valence-electron chi connectivity index (χ0n) is 9.53. The fraction of sp³-hybridized carbons (Fsp3) is 0.308. The third-order valence-electron chi connectivity index (χ3n) is 2.04. The van der Waals surface area contributed by atoms with Gasteiger partial charge in [0.1, 0.15) is 0 Å². The van der Waals surface area contributed by atoms with Gasteiger partial charge in [-0.15, -0.1) is 0 Å². The van der Waals surface area contributed by atoms with E-state index < -0.39 is 0 Å². The molecule has 0 aliphatic carbocycles. The number of methoxy groups -OCH3 is 1. The van der Waals surface area contributed by atoms with Crippen molar-refractivity contribution in [2.75, 3.05) is 7.11 Å². The first-order valence-corrected chi connectivity index (χ1v) is 5.23. The predicted octanol–water partition coefficient (Wildman–Crippen LogP) is 3.41. The highest BCUT2D eigenvalue weighted by Gasteiger charge is 1.99. The molecule has 1 aromatic carbocycles. The van der Waals surface area contributed by atoms with Gasteiger partial charge in [0.05, 0.1) is 12.1 Å². The van der Waals surface area contributed by atoms with Crippen LogP contribution < -0.4 is 0 Å². The van der Waals surface area contributed by atoms with Crippen LogP contribution in [0.1, 0.15) is 19.4 Å². The molecule has 0 saturated carbocycles. The average Bonchev–Trinajstić information content (AvgIpc) is 2.33. The number of pyridine rings is 1. The number of para-hydroxylation sites is 1. The molecule has 0 aliphatic rings. The fourth-order valence-corrected chi connectivity index (χ4v) is 1.44. The van der Waals surface area contributed by atoms with Gasteiger partial charge in [0.15, 0.2) is 0 Å². The lowest BCUT2D eigenvalue weighted by Gasteiger charge is -2.03. The van der Waals surface area contributed by atoms with E-state index in [0.29, 0.717) is 6.61 Å². The van der Waals surface area contributed by atoms with Crippen LogP contribution in [-0.2, 0) is 11.3 Å². The van der Waals surface area contributed by atoms with Crippen LogP contribution >= 0.6 is 0 Å². The predicted molar refractivity (Wildman–Crippen MR) is 63.8 cm³/mol. The minimum Gasteiger partial charge on any atom is -0.380 e. The van der Waals surface area contributed by atoms with Gasteiger partial charge in [0.2, 0.25) is 0 Å². The lowest BCUT2D eigenvalue weighted by atomic mass is 10.1. The van der Waals surface area contributed by atoms with Crippen molar-refractivity contribution in [2.45, 2.75) is 20.5 Å². The van der Waals surface area contributed by atoms with E-state index in [4.69, 9.17) is 4.74 Å². The molecule has 0 radical (unpaired) electrons. The Morgan fingerprint density at radius 2 is 1.87 bits per heavy atom. The maximum Gasteiger partial charge on any atom is 0.0720 e. The van der Waals surface area contributed by atoms with Crippen LogP contribution in [0, 0.1) is 0 Å². The van der Waals surface area contributed by atoms with Crippen molar-refractivity contribution in [3.05, 3.63) is 42.1 Å². The Morgan fingerprint density at radius 1 is 1.13 bits per heavy atom. The molecule has 0 aliphatic heterocycles. The van der Waals surface area contributed by atoms with Gasteiger partial charge in [-0.2, -0.15) is 0 Å². The average molecular weight is 203 g/mol. The van der Waals surface area contributed by atoms with Gasteiger partial charge in [0, 0.05) is 18.7 Å². The fourth-order valence-electron chi connectivity index (χ4n) is 1.44. The number of hydrogen-bond acceptors (Lipinski definition) is 2. The molecule has 2 heteroatoms. The Kier molecular flexibility index (Phi) is 4.78. The van der Waals surface area contributed by atoms with Crippen molar-refractivity contribution < 1.29 is 4.74 Å². The number of hydrogen-bond donors (Lipinski definition) is 0. The van der Waals surface area contributed by atoms with Crippen molar-refractivity contribution in [1.82, 2.24) is 4.98 Å². The van der Waals surface area contributed by atoms with Crippen LogP contribution in [0.5, 0.6) is 0 Å². The van der Waals surface area contributed by atoms with Gasteiger partial charge >= 0.3 is 0 Å². The normalized spacial score (nSPS) is 9.53. The highest BCUT2D eigenvalue weighted by atomic mass is 16.5. The molecule has 0 fully saturated rings. The third-order valence-corrected chi connectivity index (χ3v) is 2.04. The molecule has 0 atom stereocenters. The van der Waals surface area contributed by atoms with E-state index in [2.05, 4.69) is 11.1 Å². The van der Waals surface area contributed by atoms with E-state index in [9.17, 15) is 0 Å². The summed E-state index contributed by atoms with van der Waals surface area (Å²) in [6.45, 7) is 4.64. The van der Waals surface area contributed by atoms with E-state index in [1.165, 1.54) is 10.9 Å². The Bertz CT molecular complexity index is 407. The van der Waals surface area contributed by atoms with Gasteiger partial charge in [-0.25, -0.2) is 0 Å². The number of nitrogens with zero attached hydrogens (tertiary/aromatic N) is 1. The smallest absolute Gasteiger partial charge is 0.0720 e. The summed E-state index contributed by atoms with van der Waals surface area (Å²) in [6, 6.07) is 10.1. The first-order valence-electron chi connectivity index (χ1n) is 5.23. The minimum absolute atomic E-state index is 0.642. The van der Waals surface area contributed by atoms with Crippen LogP contribution in [0.4, 0.5) is 0 Å². The van der Waals surface area contributed by atoms with Crippen LogP contribution in [0.3, 0.4) is 0 Å². The molecule has 15 heavy (non-hydrogen) atoms. The Balaban J connectivity index is 0.000000531. The largest absolute Gasteiger partial charge is 0.380 e. The molecular weight excluding hydrogens is 186 g/mol. The van der Waals surface area contributed by atoms with Crippen molar-refractivity contribution >= 4 is 10.9 Å². The van der Waals surface area contributed by atoms with Crippen LogP contribution in [0.2, 0.25) is 0 Å². The number of ether oxygens (including phenoxy) is 1. The van der Waals surface area contributed by atoms with E-state index in [1.807, 2.05) is 44.3 Å². The molecule has 0 N–H and O–H groups in total. The molecule has 0 unspecified atom stereocenters. The lowest BCUT2D eigenvalue weighted by Crippen LogP contribution is -1.90. The number of aromatic nitrogens is 1. The third kappa shape index (κ3) is 2.77. The monoisotopic (exact) mass is 203 g/mol. The molecule has 0 amide bonds. The summed E-state index contributed by atoms with van der Waals surface area (Å²) in [5.41, 5.74) is 2.21. The number of rotatable bonds is 2. The van der Waals surface area contributed by atoms with Gasteiger partial charge in [-0.05, 0) is 17.7 Å². The molecule has 1 heterocycles. The first-order chi connectivity index (χ1) is 7.42. The quantitative estimate of drug-likeness (QED) is 0.746. The molecule has 0 bridgehead atoms. The van der Waals surface area contributed by atoms with E-state index in [-0.39, 0.29) is 0 Å². The van der Waals surface area contributed by atoms with Crippen LogP contribution in [0.25, 0.3) is 10.9 Å². The molecule has 2 rings (SSSR count). The standard InChI is InChI=1S/C11H11NO.C2H6/c1-13-8-9-6-7-12-11-5-3-2-4-10(9)11;1-2/h2-7H,8H2,1H3;1-2H3. The second-order valence-electron chi connectivity index (χ2n) is 2.92. The summed E-state index contributed by atoms with van der Waals surface area (Å²) in [7, 11) is 1.70. The highest BCUT2D eigenvalue weighted by Crippen LogP contribution is 2.16. The molecule has 80 valence electrons. The minimum atomic E-state index is 0.642. The molecular formula is C13H17NO. The highest BCUT2D eigenvalue weighted by molar-refractivity contribution is 5.81. The SMILES string of the molecule is CC.COCc1ccnc2ccccc12. The molecule has 2 nitrogen and oxygen atoms in total. The van der Waals surface area contributed by atoms with Crippen molar-refractivity contribution in [1.29, 1.82) is 0 Å². The lowest BCUT2D eigenvalue weighted by molar-refractivity contribution is 0.186. The summed E-state index contributed by atoms with van der Waals surface area (Å²) in [5, 5.41) is 1.17. The zero-order chi connectivity index (χ0) is 11.1. The Hall–Kier alpha value is -1.41. The van der Waals surface area contributed by atoms with Gasteiger partial charge in [-0.1, -0.05) is 32.0 Å². The van der Waals surface area contributed by atoms with E-state index >= 15 is 0 Å². The summed E-state index contributed by atoms with van der Waals surface area (Å²) < 4.78 is 5.11. The van der Waals surface area contributed by atoms with Gasteiger partial charge in [-0.3, -0.25) is 4.98 Å². The first kappa shape index (κ1) is 11.7. The van der Waals surface area contributed by atoms with Crippen LogP contribution in [0.15, 0.2) is 36.5 Å². The molecule has 0 spiro atoms. The van der Waals surface area contributed by atoms with Gasteiger partial charge < -0.3 is 4.74 Å². The maximum absolute atomic E-state index is 5.11. The topological polar surface area (TPSA) is 22.1 Å². The van der Waals surface area contributed by atoms with Crippen LogP contribution in [-0.4, -0.2) is 12.1 Å². The molecule has 2 aromatic rings. The Morgan fingerprint density at radius 3 is 2.60 bits per heavy atom. The molecule has 0 saturated heterocycles.